The first-order valence-electron chi connectivity index (χ1n) is 7.21. The van der Waals surface area contributed by atoms with E-state index in [1.165, 1.54) is 0 Å². The number of halogens is 4. The second-order valence-electron chi connectivity index (χ2n) is 5.75. The van der Waals surface area contributed by atoms with Crippen LogP contribution in [0.4, 0.5) is 13.2 Å². The molecule has 1 heterocycles. The second-order valence-corrected chi connectivity index (χ2v) is 5.75. The number of rotatable bonds is 3. The zero-order valence-electron chi connectivity index (χ0n) is 12.4. The second kappa shape index (κ2) is 7.34. The zero-order valence-corrected chi connectivity index (χ0v) is 13.2. The summed E-state index contributed by atoms with van der Waals surface area (Å²) in [6, 6.07) is 12.0. The lowest BCUT2D eigenvalue weighted by atomic mass is 9.95. The van der Waals surface area contributed by atoms with Gasteiger partial charge in [0.05, 0.1) is 0 Å². The fraction of sp³-hybridized carbons (Fsp3) is 0.294. The maximum atomic E-state index is 13.3. The molecule has 1 aliphatic rings. The van der Waals surface area contributed by atoms with Crippen molar-refractivity contribution in [2.75, 3.05) is 13.1 Å². The molecule has 0 radical (unpaired) electrons. The number of nitrogens with two attached hydrogens (primary N) is 1. The Morgan fingerprint density at radius 1 is 1.00 bits per heavy atom. The quantitative estimate of drug-likeness (QED) is 0.866. The van der Waals surface area contributed by atoms with Crippen LogP contribution in [0.2, 0.25) is 0 Å². The highest BCUT2D eigenvalue weighted by molar-refractivity contribution is 5.85. The average molecular weight is 343 g/mol. The van der Waals surface area contributed by atoms with Gasteiger partial charge in [0.1, 0.15) is 0 Å². The molecule has 0 bridgehead atoms. The van der Waals surface area contributed by atoms with E-state index in [2.05, 4.69) is 0 Å². The lowest BCUT2D eigenvalue weighted by Gasteiger charge is -2.16. The van der Waals surface area contributed by atoms with Crippen LogP contribution in [0.15, 0.2) is 42.5 Å². The first-order chi connectivity index (χ1) is 10.5. The molecule has 0 aliphatic carbocycles. The Labute approximate surface area is 139 Å². The van der Waals surface area contributed by atoms with Crippen molar-refractivity contribution in [3.63, 3.8) is 0 Å². The smallest absolute Gasteiger partial charge is 0.194 e. The highest BCUT2D eigenvalue weighted by atomic mass is 35.5. The molecule has 2 atom stereocenters. The van der Waals surface area contributed by atoms with E-state index in [-0.39, 0.29) is 24.4 Å². The molecule has 2 aromatic carbocycles. The van der Waals surface area contributed by atoms with E-state index < -0.39 is 17.5 Å². The Kier molecular flexibility index (Phi) is 5.68. The number of likely N-dealkylation sites (tertiary alicyclic amines) is 1. The van der Waals surface area contributed by atoms with E-state index in [0.29, 0.717) is 25.2 Å². The fourth-order valence-electron chi connectivity index (χ4n) is 3.05. The molecule has 0 unspecified atom stereocenters. The summed E-state index contributed by atoms with van der Waals surface area (Å²) in [5, 5.41) is 0. The van der Waals surface area contributed by atoms with Crippen molar-refractivity contribution in [2.45, 2.75) is 18.5 Å². The summed E-state index contributed by atoms with van der Waals surface area (Å²) >= 11 is 0. The summed E-state index contributed by atoms with van der Waals surface area (Å²) in [7, 11) is 0. The minimum Gasteiger partial charge on any atom is -0.326 e. The van der Waals surface area contributed by atoms with Crippen molar-refractivity contribution in [2.24, 2.45) is 5.73 Å². The van der Waals surface area contributed by atoms with Gasteiger partial charge in [0.15, 0.2) is 17.5 Å². The summed E-state index contributed by atoms with van der Waals surface area (Å²) < 4.78 is 39.5. The van der Waals surface area contributed by atoms with Crippen LogP contribution in [0.25, 0.3) is 0 Å². The van der Waals surface area contributed by atoms with E-state index in [4.69, 9.17) is 5.73 Å². The van der Waals surface area contributed by atoms with Gasteiger partial charge < -0.3 is 5.73 Å². The Morgan fingerprint density at radius 2 is 1.61 bits per heavy atom. The van der Waals surface area contributed by atoms with E-state index >= 15 is 0 Å². The number of benzene rings is 2. The third kappa shape index (κ3) is 3.86. The molecule has 23 heavy (non-hydrogen) atoms. The van der Waals surface area contributed by atoms with Crippen LogP contribution in [0.5, 0.6) is 0 Å². The van der Waals surface area contributed by atoms with Gasteiger partial charge in [-0.2, -0.15) is 0 Å². The highest BCUT2D eigenvalue weighted by Crippen LogP contribution is 2.27. The van der Waals surface area contributed by atoms with Crippen LogP contribution in [0.1, 0.15) is 17.0 Å². The van der Waals surface area contributed by atoms with Crippen LogP contribution in [-0.4, -0.2) is 24.0 Å². The maximum Gasteiger partial charge on any atom is 0.194 e. The third-order valence-corrected chi connectivity index (χ3v) is 4.12. The van der Waals surface area contributed by atoms with Crippen LogP contribution in [0, 0.1) is 17.5 Å². The molecule has 2 nitrogen and oxygen atoms in total. The van der Waals surface area contributed by atoms with Crippen molar-refractivity contribution < 1.29 is 13.2 Å². The first kappa shape index (κ1) is 17.8. The van der Waals surface area contributed by atoms with E-state index in [0.717, 1.165) is 17.7 Å². The maximum absolute atomic E-state index is 13.3. The minimum absolute atomic E-state index is 0. The SMILES string of the molecule is Cl.N[C@@H]1CN(Cc2cc(F)c(F)c(F)c2)C[C@H]1c1ccccc1. The van der Waals surface area contributed by atoms with Crippen LogP contribution >= 0.6 is 12.4 Å². The topological polar surface area (TPSA) is 29.3 Å². The van der Waals surface area contributed by atoms with Gasteiger partial charge in [0, 0.05) is 31.6 Å². The summed E-state index contributed by atoms with van der Waals surface area (Å²) in [4.78, 5) is 2.04. The first-order valence-corrected chi connectivity index (χ1v) is 7.21. The Hall–Kier alpha value is -1.56. The summed E-state index contributed by atoms with van der Waals surface area (Å²) in [6.07, 6.45) is 0. The largest absolute Gasteiger partial charge is 0.326 e. The van der Waals surface area contributed by atoms with E-state index in [9.17, 15) is 13.2 Å². The number of nitrogens with zero attached hydrogens (tertiary/aromatic N) is 1. The van der Waals surface area contributed by atoms with E-state index in [1.54, 1.807) is 0 Å². The lowest BCUT2D eigenvalue weighted by molar-refractivity contribution is 0.321. The normalized spacial score (nSPS) is 21.2. The molecule has 0 saturated carbocycles. The van der Waals surface area contributed by atoms with Gasteiger partial charge in [-0.3, -0.25) is 4.90 Å². The monoisotopic (exact) mass is 342 g/mol. The Bertz CT molecular complexity index is 643. The predicted molar refractivity (Wildman–Crippen MR) is 86.0 cm³/mol. The molecule has 0 spiro atoms. The van der Waals surface area contributed by atoms with Gasteiger partial charge in [-0.1, -0.05) is 30.3 Å². The van der Waals surface area contributed by atoms with Gasteiger partial charge in [0.2, 0.25) is 0 Å². The van der Waals surface area contributed by atoms with Crippen LogP contribution in [-0.2, 0) is 6.54 Å². The van der Waals surface area contributed by atoms with E-state index in [1.807, 2.05) is 35.2 Å². The fourth-order valence-corrected chi connectivity index (χ4v) is 3.05. The molecule has 0 amide bonds. The molecule has 0 aromatic heterocycles. The molecule has 1 saturated heterocycles. The molecule has 2 N–H and O–H groups in total. The molecule has 1 fully saturated rings. The molecule has 3 rings (SSSR count). The summed E-state index contributed by atoms with van der Waals surface area (Å²) in [6.45, 7) is 1.71. The summed E-state index contributed by atoms with van der Waals surface area (Å²) in [5.74, 6) is -3.54. The lowest BCUT2D eigenvalue weighted by Crippen LogP contribution is -2.28. The van der Waals surface area contributed by atoms with Crippen molar-refractivity contribution >= 4 is 12.4 Å². The van der Waals surface area contributed by atoms with Crippen molar-refractivity contribution in [1.82, 2.24) is 4.90 Å². The highest BCUT2D eigenvalue weighted by Gasteiger charge is 2.31. The standard InChI is InChI=1S/C17H17F3N2.ClH/c18-14-6-11(7-15(19)17(14)20)8-22-9-13(16(21)10-22)12-4-2-1-3-5-12;/h1-7,13,16H,8-10,21H2;1H/t13-,16+;/m0./s1. The van der Waals surface area contributed by atoms with Crippen LogP contribution < -0.4 is 5.73 Å². The van der Waals surface area contributed by atoms with Crippen molar-refractivity contribution in [3.8, 4) is 0 Å². The van der Waals surface area contributed by atoms with Crippen molar-refractivity contribution in [1.29, 1.82) is 0 Å². The summed E-state index contributed by atoms with van der Waals surface area (Å²) in [5.41, 5.74) is 7.76. The minimum atomic E-state index is -1.43. The van der Waals surface area contributed by atoms with Gasteiger partial charge in [-0.25, -0.2) is 13.2 Å². The molecular weight excluding hydrogens is 325 g/mol. The molecule has 124 valence electrons. The predicted octanol–water partition coefficient (Wildman–Crippen LogP) is 3.45. The molecule has 6 heteroatoms. The van der Waals surface area contributed by atoms with Crippen molar-refractivity contribution in [3.05, 3.63) is 71.0 Å². The zero-order chi connectivity index (χ0) is 15.7. The molecule has 2 aromatic rings. The molecular formula is C17H18ClF3N2. The van der Waals surface area contributed by atoms with Gasteiger partial charge in [-0.15, -0.1) is 12.4 Å². The van der Waals surface area contributed by atoms with Gasteiger partial charge in [0.25, 0.3) is 0 Å². The number of hydrogen-bond donors (Lipinski definition) is 1. The third-order valence-electron chi connectivity index (χ3n) is 4.12. The van der Waals surface area contributed by atoms with Crippen LogP contribution in [0.3, 0.4) is 0 Å². The molecule has 1 aliphatic heterocycles. The Balaban J connectivity index is 0.00000192. The van der Waals surface area contributed by atoms with Gasteiger partial charge in [-0.05, 0) is 23.3 Å². The van der Waals surface area contributed by atoms with Gasteiger partial charge >= 0.3 is 0 Å². The average Bonchev–Trinajstić information content (AvgIpc) is 2.86. The number of hydrogen-bond acceptors (Lipinski definition) is 2. The Morgan fingerprint density at radius 3 is 2.22 bits per heavy atom.